The largest absolute Gasteiger partial charge is 0.496 e. The van der Waals surface area contributed by atoms with Crippen LogP contribution in [0.2, 0.25) is 0 Å². The van der Waals surface area contributed by atoms with E-state index in [1.165, 1.54) is 12.8 Å². The van der Waals surface area contributed by atoms with Crippen LogP contribution < -0.4 is 41.0 Å². The summed E-state index contributed by atoms with van der Waals surface area (Å²) in [6.45, 7) is 18.7. The van der Waals surface area contributed by atoms with Gasteiger partial charge in [-0.15, -0.1) is 0 Å². The number of para-hydroxylation sites is 2. The van der Waals surface area contributed by atoms with Gasteiger partial charge in [-0.05, 0) is 197 Å². The zero-order valence-corrected chi connectivity index (χ0v) is 70.2. The molecule has 618 valence electrons. The molecular weight excluding hydrogens is 1450 g/mol. The number of nitrogens with one attached hydrogen (secondary N) is 5. The highest BCUT2D eigenvalue weighted by atomic mass is 16.7. The molecule has 0 unspecified atom stereocenters. The van der Waals surface area contributed by atoms with Gasteiger partial charge in [0.05, 0.1) is 64.8 Å². The fraction of sp³-hybridized carbons (Fsp3) is 0.551. The molecule has 6 aromatic rings. The predicted molar refractivity (Wildman–Crippen MR) is 450 cm³/mol. The van der Waals surface area contributed by atoms with Gasteiger partial charge in [0.25, 0.3) is 11.8 Å². The highest BCUT2D eigenvalue weighted by Crippen LogP contribution is 2.62. The second-order valence-electron chi connectivity index (χ2n) is 34.9. The van der Waals surface area contributed by atoms with Gasteiger partial charge in [0.1, 0.15) is 23.6 Å². The SMILES string of the molecule is CNc1cc(C(=O)N[C@@H](Cc2ccccc2)CN(C)C)cc(-c2cccc(CN3O[C@@H](CN=[N+]=[N-])[C@@H]([C@H](C)O)[C@H]3C(=O)N[C@H]3C[C@H]4C[C@@H]([C@@H]3C)C4(C)C)c2OC)c1.COc1c(CN2O[C@@H](CN=[N+]=[N-])[C@@H]([C@H](C)O)[C@H]2C(=O)N[C@H]2C[C@H]3C[C@@H]([C@@H]2C)C3(C)C)cccc1-c1cc(C(=O)N[C@@H](Cc2ccccc2)CN(C)C)cc(N(C)C)c1. The maximum absolute atomic E-state index is 14.4. The fourth-order valence-electron chi connectivity index (χ4n) is 19.6. The molecule has 8 fully saturated rings. The number of hydrogen-bond donors (Lipinski definition) is 7. The molecule has 26 heteroatoms. The van der Waals surface area contributed by atoms with Crippen LogP contribution in [0.4, 0.5) is 11.4 Å². The second-order valence-corrected chi connectivity index (χ2v) is 34.9. The molecule has 2 aliphatic heterocycles. The van der Waals surface area contributed by atoms with E-state index in [0.717, 1.165) is 68.7 Å². The van der Waals surface area contributed by atoms with Crippen LogP contribution in [-0.2, 0) is 45.2 Å². The summed E-state index contributed by atoms with van der Waals surface area (Å²) in [5, 5.41) is 49.5. The van der Waals surface area contributed by atoms with E-state index in [0.29, 0.717) is 84.1 Å². The summed E-state index contributed by atoms with van der Waals surface area (Å²) >= 11 is 0. The third-order valence-corrected chi connectivity index (χ3v) is 26.0. The number of amides is 4. The number of carbonyl (C=O) groups is 4. The van der Waals surface area contributed by atoms with Gasteiger partial charge in [-0.3, -0.25) is 28.9 Å². The van der Waals surface area contributed by atoms with Crippen molar-refractivity contribution < 1.29 is 48.5 Å². The van der Waals surface area contributed by atoms with Crippen molar-refractivity contribution in [3.63, 3.8) is 0 Å². The number of azide groups is 2. The molecule has 0 spiro atoms. The van der Waals surface area contributed by atoms with E-state index in [1.54, 1.807) is 38.2 Å². The molecule has 18 atom stereocenters. The van der Waals surface area contributed by atoms with Crippen molar-refractivity contribution in [2.75, 3.05) is 99.9 Å². The Labute approximate surface area is 678 Å². The Bertz CT molecular complexity index is 4450. The lowest BCUT2D eigenvalue weighted by molar-refractivity contribution is -0.176. The molecule has 7 N–H and O–H groups in total. The lowest BCUT2D eigenvalue weighted by atomic mass is 9.45. The number of fused-ring (bicyclic) bond motifs is 4. The van der Waals surface area contributed by atoms with Crippen LogP contribution in [-0.4, -0.2) is 204 Å². The van der Waals surface area contributed by atoms with Crippen LogP contribution in [0.25, 0.3) is 43.1 Å². The minimum absolute atomic E-state index is 0.0155. The summed E-state index contributed by atoms with van der Waals surface area (Å²) in [5.74, 6) is 1.84. The van der Waals surface area contributed by atoms with Gasteiger partial charge in [0.2, 0.25) is 11.8 Å². The lowest BCUT2D eigenvalue weighted by Crippen LogP contribution is -2.62. The molecule has 26 nitrogen and oxygen atoms in total. The molecule has 14 rings (SSSR count). The van der Waals surface area contributed by atoms with Crippen molar-refractivity contribution in [3.8, 4) is 33.8 Å². The number of carbonyl (C=O) groups excluding carboxylic acids is 4. The number of ether oxygens (including phenoxy) is 2. The van der Waals surface area contributed by atoms with Crippen LogP contribution in [0.15, 0.2) is 144 Å². The molecule has 4 amide bonds. The molecule has 2 heterocycles. The maximum atomic E-state index is 14.4. The Kier molecular flexibility index (Phi) is 28.4. The number of hydroxylamine groups is 4. The average molecular weight is 1580 g/mol. The highest BCUT2D eigenvalue weighted by Gasteiger charge is 2.59. The van der Waals surface area contributed by atoms with Crippen LogP contribution in [0, 0.1) is 58.2 Å². The third-order valence-electron chi connectivity index (χ3n) is 26.0. The summed E-state index contributed by atoms with van der Waals surface area (Å²) in [6, 6.07) is 41.4. The standard InChI is InChI=1S/C45H62N8O5.C44H60N8O5/c1-27-37-22-33(45(37,3)4)23-38(27)49-44(56)41-40(28(2)54)39(24-47-50-46)58-53(41)25-30-16-13-17-36(42(30)57-9)31-19-32(21-35(20-31)52(7)8)43(55)48-34(26-51(5)6)18-29-14-11-10-12-15-29;1-26-36-21-32(44(36,3)4)22-37(26)49-43(55)40-39(27(2)53)38(23-47-50-45)57-52(40)24-29-15-12-16-35(41(29)56-8)30-18-31(20-33(19-30)46-5)42(54)48-34(25-51(6)7)17-28-13-10-9-11-14-28/h10-17,19-21,27-28,33-34,37-41,54H,18,22-26H2,1-9H3,(H,48,55)(H,49,56);9-16,18-20,26-27,32,34,36-40,46,53H,17,21-25H2,1-8H3,(H,48,54)(H,49,55)/t27-,28-,33+,34-,37-,38-,39-,40+,41-;26-,27-,32+,34-,36-,37-,38-,39+,40-/m00/s1. The summed E-state index contributed by atoms with van der Waals surface area (Å²) in [7, 11) is 16.9. The number of aliphatic hydroxyl groups excluding tert-OH is 2. The minimum atomic E-state index is -0.924. The first kappa shape index (κ1) is 86.6. The number of rotatable bonds is 32. The summed E-state index contributed by atoms with van der Waals surface area (Å²) in [4.78, 5) is 81.7. The Morgan fingerprint density at radius 2 is 0.983 bits per heavy atom. The van der Waals surface area contributed by atoms with Gasteiger partial charge in [0, 0.05) is 125 Å². The number of nitrogens with zero attached hydrogens (tertiary/aromatic N) is 11. The molecule has 4 bridgehead atoms. The summed E-state index contributed by atoms with van der Waals surface area (Å²) in [5.41, 5.74) is 28.4. The first-order valence-electron chi connectivity index (χ1n) is 40.7. The second kappa shape index (κ2) is 37.8. The maximum Gasteiger partial charge on any atom is 0.251 e. The van der Waals surface area contributed by atoms with E-state index < -0.39 is 48.3 Å². The lowest BCUT2D eigenvalue weighted by Gasteiger charge is -2.62. The Morgan fingerprint density at radius 3 is 1.34 bits per heavy atom. The molecule has 0 radical (unpaired) electrons. The first-order valence-corrected chi connectivity index (χ1v) is 40.7. The highest BCUT2D eigenvalue weighted by molar-refractivity contribution is 5.98. The molecule has 8 aliphatic rings. The van der Waals surface area contributed by atoms with Crippen molar-refractivity contribution in [1.82, 2.24) is 41.2 Å². The number of likely N-dealkylation sites (N-methyl/N-ethyl adjacent to an activating group) is 2. The Morgan fingerprint density at radius 1 is 0.574 bits per heavy atom. The number of hydrogen-bond acceptors (Lipinski definition) is 18. The Hall–Kier alpha value is -9.30. The van der Waals surface area contributed by atoms with E-state index in [9.17, 15) is 40.5 Å². The molecule has 0 aromatic heterocycles. The molecule has 2 saturated heterocycles. The van der Waals surface area contributed by atoms with E-state index in [2.05, 4.69) is 122 Å². The van der Waals surface area contributed by atoms with Crippen molar-refractivity contribution in [3.05, 3.63) is 188 Å². The van der Waals surface area contributed by atoms with Gasteiger partial charge >= 0.3 is 0 Å². The zero-order chi connectivity index (χ0) is 82.9. The molecule has 6 saturated carbocycles. The van der Waals surface area contributed by atoms with E-state index in [-0.39, 0.29) is 84.8 Å². The minimum Gasteiger partial charge on any atom is -0.496 e. The van der Waals surface area contributed by atoms with Gasteiger partial charge in [-0.25, -0.2) is 0 Å². The topological polar surface area (TPSA) is 320 Å². The van der Waals surface area contributed by atoms with Gasteiger partial charge in [0.15, 0.2) is 0 Å². The normalized spacial score (nSPS) is 26.0. The van der Waals surface area contributed by atoms with Crippen LogP contribution in [0.5, 0.6) is 11.5 Å². The van der Waals surface area contributed by atoms with Crippen molar-refractivity contribution in [2.45, 2.75) is 168 Å². The monoisotopic (exact) mass is 1570 g/mol. The van der Waals surface area contributed by atoms with Gasteiger partial charge in [-0.1, -0.05) is 149 Å². The van der Waals surface area contributed by atoms with E-state index >= 15 is 0 Å². The molecule has 6 aromatic carbocycles. The molecule has 6 aliphatic carbocycles. The zero-order valence-electron chi connectivity index (χ0n) is 70.2. The number of benzene rings is 6. The van der Waals surface area contributed by atoms with Crippen molar-refractivity contribution in [2.24, 2.45) is 68.4 Å². The van der Waals surface area contributed by atoms with E-state index in [4.69, 9.17) is 19.1 Å². The third kappa shape index (κ3) is 19.7. The first-order chi connectivity index (χ1) is 54.9. The van der Waals surface area contributed by atoms with E-state index in [1.807, 2.05) is 163 Å². The average Bonchev–Trinajstić information content (AvgIpc) is 1.02. The molecular formula is C89H122N16O10. The summed E-state index contributed by atoms with van der Waals surface area (Å²) in [6.07, 6.45) is 2.31. The Balaban J connectivity index is 0.000000226. The number of anilines is 2. The van der Waals surface area contributed by atoms with Gasteiger partial charge < -0.3 is 61.0 Å². The van der Waals surface area contributed by atoms with Crippen molar-refractivity contribution >= 4 is 35.0 Å². The summed E-state index contributed by atoms with van der Waals surface area (Å²) < 4.78 is 12.2. The van der Waals surface area contributed by atoms with Crippen LogP contribution >= 0.6 is 0 Å². The van der Waals surface area contributed by atoms with Crippen LogP contribution in [0.3, 0.4) is 0 Å². The van der Waals surface area contributed by atoms with Gasteiger partial charge in [-0.2, -0.15) is 10.1 Å². The quantitative estimate of drug-likeness (QED) is 0.0117. The fourth-order valence-corrected chi connectivity index (χ4v) is 19.6. The molecule has 115 heavy (non-hydrogen) atoms. The smallest absolute Gasteiger partial charge is 0.251 e. The van der Waals surface area contributed by atoms with Crippen LogP contribution in [0.1, 0.15) is 124 Å². The predicted octanol–water partition coefficient (Wildman–Crippen LogP) is 12.6. The van der Waals surface area contributed by atoms with Crippen molar-refractivity contribution in [1.29, 1.82) is 0 Å². The number of methoxy groups -OCH3 is 2. The number of aliphatic hydroxyl groups is 2.